The maximum absolute atomic E-state index is 10.8. The van der Waals surface area contributed by atoms with Crippen LogP contribution >= 0.6 is 22.6 Å². The molecule has 0 heterocycles. The van der Waals surface area contributed by atoms with Gasteiger partial charge in [-0.2, -0.15) is 0 Å². The average Bonchev–Trinajstić information content (AvgIpc) is 2.53. The maximum Gasteiger partial charge on any atom is 0.150 e. The minimum atomic E-state index is 0.512. The minimum Gasteiger partial charge on any atom is -0.488 e. The van der Waals surface area contributed by atoms with Crippen molar-refractivity contribution in [2.75, 3.05) is 0 Å². The molecule has 0 atom stereocenters. The van der Waals surface area contributed by atoms with Crippen LogP contribution in [0.1, 0.15) is 15.9 Å². The van der Waals surface area contributed by atoms with Crippen LogP contribution < -0.4 is 4.74 Å². The molecule has 0 radical (unpaired) electrons. The second kappa shape index (κ2) is 6.26. The first-order chi connectivity index (χ1) is 10.3. The zero-order valence-electron chi connectivity index (χ0n) is 11.3. The van der Waals surface area contributed by atoms with Gasteiger partial charge in [0.05, 0.1) is 3.57 Å². The van der Waals surface area contributed by atoms with E-state index in [0.29, 0.717) is 12.2 Å². The van der Waals surface area contributed by atoms with E-state index in [1.54, 1.807) is 6.07 Å². The third-order valence-corrected chi connectivity index (χ3v) is 4.20. The number of aldehydes is 1. The largest absolute Gasteiger partial charge is 0.488 e. The van der Waals surface area contributed by atoms with Crippen molar-refractivity contribution in [2.45, 2.75) is 6.61 Å². The highest BCUT2D eigenvalue weighted by atomic mass is 127. The van der Waals surface area contributed by atoms with Crippen LogP contribution in [0.2, 0.25) is 0 Å². The van der Waals surface area contributed by atoms with Crippen LogP contribution in [0.15, 0.2) is 60.7 Å². The predicted molar refractivity (Wildman–Crippen MR) is 92.8 cm³/mol. The molecule has 0 unspecified atom stereocenters. The molecule has 0 spiro atoms. The highest BCUT2D eigenvalue weighted by molar-refractivity contribution is 14.1. The lowest BCUT2D eigenvalue weighted by atomic mass is 10.1. The van der Waals surface area contributed by atoms with E-state index in [2.05, 4.69) is 46.9 Å². The van der Waals surface area contributed by atoms with E-state index < -0.39 is 0 Å². The summed E-state index contributed by atoms with van der Waals surface area (Å²) in [6.45, 7) is 0.512. The lowest BCUT2D eigenvalue weighted by molar-refractivity contribution is 0.112. The molecule has 2 nitrogen and oxygen atoms in total. The van der Waals surface area contributed by atoms with E-state index in [1.165, 1.54) is 10.8 Å². The molecule has 0 aliphatic carbocycles. The third-order valence-electron chi connectivity index (χ3n) is 3.36. The monoisotopic (exact) mass is 388 g/mol. The summed E-state index contributed by atoms with van der Waals surface area (Å²) in [6.07, 6.45) is 0.844. The van der Waals surface area contributed by atoms with E-state index in [1.807, 2.05) is 30.3 Å². The van der Waals surface area contributed by atoms with Gasteiger partial charge in [-0.1, -0.05) is 42.5 Å². The number of halogens is 1. The number of fused-ring (bicyclic) bond motifs is 1. The molecular formula is C18H13IO2. The molecule has 0 N–H and O–H groups in total. The van der Waals surface area contributed by atoms with Crippen molar-refractivity contribution in [3.63, 3.8) is 0 Å². The van der Waals surface area contributed by atoms with Crippen molar-refractivity contribution in [1.29, 1.82) is 0 Å². The van der Waals surface area contributed by atoms with Crippen LogP contribution in [-0.4, -0.2) is 6.29 Å². The summed E-state index contributed by atoms with van der Waals surface area (Å²) in [5, 5.41) is 2.42. The van der Waals surface area contributed by atoms with Gasteiger partial charge >= 0.3 is 0 Å². The first kappa shape index (κ1) is 14.1. The van der Waals surface area contributed by atoms with Crippen LogP contribution in [0, 0.1) is 3.57 Å². The van der Waals surface area contributed by atoms with E-state index in [-0.39, 0.29) is 0 Å². The van der Waals surface area contributed by atoms with Gasteiger partial charge in [0.2, 0.25) is 0 Å². The maximum atomic E-state index is 10.8. The number of hydrogen-bond donors (Lipinski definition) is 0. The summed E-state index contributed by atoms with van der Waals surface area (Å²) in [5.41, 5.74) is 1.82. The zero-order chi connectivity index (χ0) is 14.7. The lowest BCUT2D eigenvalue weighted by Gasteiger charge is -2.10. The zero-order valence-corrected chi connectivity index (χ0v) is 13.4. The van der Waals surface area contributed by atoms with Crippen molar-refractivity contribution >= 4 is 39.6 Å². The Morgan fingerprint density at radius 1 is 1.00 bits per heavy atom. The van der Waals surface area contributed by atoms with Gasteiger partial charge in [-0.3, -0.25) is 4.79 Å². The molecule has 0 aliphatic heterocycles. The van der Waals surface area contributed by atoms with Crippen molar-refractivity contribution in [3.8, 4) is 5.75 Å². The Bertz CT molecular complexity index is 791. The standard InChI is InChI=1S/C18H13IO2/c19-17-10-13(11-20)8-9-18(17)21-12-15-6-3-5-14-4-1-2-7-16(14)15/h1-11H,12H2. The quantitative estimate of drug-likeness (QED) is 0.473. The van der Waals surface area contributed by atoms with Crippen molar-refractivity contribution < 1.29 is 9.53 Å². The Morgan fingerprint density at radius 2 is 1.81 bits per heavy atom. The third kappa shape index (κ3) is 3.08. The Balaban J connectivity index is 1.85. The normalized spacial score (nSPS) is 10.5. The molecule has 0 amide bonds. The second-order valence-corrected chi connectivity index (χ2v) is 5.90. The van der Waals surface area contributed by atoms with Crippen LogP contribution in [0.4, 0.5) is 0 Å². The number of carbonyl (C=O) groups excluding carboxylic acids is 1. The summed E-state index contributed by atoms with van der Waals surface area (Å²) in [6, 6.07) is 19.9. The first-order valence-corrected chi connectivity index (χ1v) is 7.70. The fourth-order valence-corrected chi connectivity index (χ4v) is 2.98. The number of benzene rings is 3. The van der Waals surface area contributed by atoms with Gasteiger partial charge in [0.15, 0.2) is 0 Å². The molecule has 0 bridgehead atoms. The van der Waals surface area contributed by atoms with Gasteiger partial charge in [0, 0.05) is 5.56 Å². The average molecular weight is 388 g/mol. The van der Waals surface area contributed by atoms with E-state index in [9.17, 15) is 4.79 Å². The molecule has 3 aromatic rings. The Kier molecular flexibility index (Phi) is 4.20. The molecule has 0 saturated carbocycles. The van der Waals surface area contributed by atoms with Gasteiger partial charge in [-0.15, -0.1) is 0 Å². The molecule has 3 rings (SSSR count). The summed E-state index contributed by atoms with van der Waals surface area (Å²) in [4.78, 5) is 10.8. The minimum absolute atomic E-state index is 0.512. The van der Waals surface area contributed by atoms with E-state index in [4.69, 9.17) is 4.74 Å². The summed E-state index contributed by atoms with van der Waals surface area (Å²) in [7, 11) is 0. The highest BCUT2D eigenvalue weighted by Crippen LogP contribution is 2.24. The fourth-order valence-electron chi connectivity index (χ4n) is 2.28. The first-order valence-electron chi connectivity index (χ1n) is 6.62. The Morgan fingerprint density at radius 3 is 2.62 bits per heavy atom. The topological polar surface area (TPSA) is 26.3 Å². The number of carbonyl (C=O) groups is 1. The smallest absolute Gasteiger partial charge is 0.150 e. The molecule has 0 aromatic heterocycles. The Labute approximate surface area is 136 Å². The molecule has 104 valence electrons. The van der Waals surface area contributed by atoms with Gasteiger partial charge in [-0.05, 0) is 57.1 Å². The van der Waals surface area contributed by atoms with E-state index >= 15 is 0 Å². The van der Waals surface area contributed by atoms with Gasteiger partial charge in [0.1, 0.15) is 18.6 Å². The van der Waals surface area contributed by atoms with Crippen LogP contribution in [0.25, 0.3) is 10.8 Å². The molecule has 3 aromatic carbocycles. The number of ether oxygens (including phenoxy) is 1. The number of hydrogen-bond acceptors (Lipinski definition) is 2. The molecule has 0 fully saturated rings. The van der Waals surface area contributed by atoms with Crippen LogP contribution in [0.5, 0.6) is 5.75 Å². The van der Waals surface area contributed by atoms with Crippen LogP contribution in [0.3, 0.4) is 0 Å². The summed E-state index contributed by atoms with van der Waals surface area (Å²) < 4.78 is 6.85. The highest BCUT2D eigenvalue weighted by Gasteiger charge is 2.05. The molecule has 21 heavy (non-hydrogen) atoms. The summed E-state index contributed by atoms with van der Waals surface area (Å²) in [5.74, 6) is 0.800. The molecule has 0 saturated heterocycles. The van der Waals surface area contributed by atoms with E-state index in [0.717, 1.165) is 21.2 Å². The SMILES string of the molecule is O=Cc1ccc(OCc2cccc3ccccc23)c(I)c1. The molecule has 3 heteroatoms. The predicted octanol–water partition coefficient (Wildman–Crippen LogP) is 4.84. The Hall–Kier alpha value is -1.88. The van der Waals surface area contributed by atoms with Gasteiger partial charge < -0.3 is 4.74 Å². The summed E-state index contributed by atoms with van der Waals surface area (Å²) >= 11 is 2.19. The molecular weight excluding hydrogens is 375 g/mol. The fraction of sp³-hybridized carbons (Fsp3) is 0.0556. The number of rotatable bonds is 4. The van der Waals surface area contributed by atoms with Gasteiger partial charge in [-0.25, -0.2) is 0 Å². The van der Waals surface area contributed by atoms with Crippen LogP contribution in [-0.2, 0) is 6.61 Å². The second-order valence-electron chi connectivity index (χ2n) is 4.73. The van der Waals surface area contributed by atoms with Crippen molar-refractivity contribution in [3.05, 3.63) is 75.4 Å². The molecule has 0 aliphatic rings. The van der Waals surface area contributed by atoms with Crippen molar-refractivity contribution in [2.24, 2.45) is 0 Å². The van der Waals surface area contributed by atoms with Gasteiger partial charge in [0.25, 0.3) is 0 Å². The van der Waals surface area contributed by atoms with Crippen molar-refractivity contribution in [1.82, 2.24) is 0 Å². The lowest BCUT2D eigenvalue weighted by Crippen LogP contribution is -1.98.